The molecule has 1 aliphatic heterocycles. The van der Waals surface area contributed by atoms with E-state index in [1.165, 1.54) is 0 Å². The lowest BCUT2D eigenvalue weighted by molar-refractivity contribution is -0.132. The number of aryl methyl sites for hydroxylation is 1. The highest BCUT2D eigenvalue weighted by Gasteiger charge is 2.31. The summed E-state index contributed by atoms with van der Waals surface area (Å²) in [7, 11) is 0. The first-order valence-electron chi connectivity index (χ1n) is 8.65. The Kier molecular flexibility index (Phi) is 5.17. The van der Waals surface area contributed by atoms with Gasteiger partial charge in [0.15, 0.2) is 5.82 Å². The molecule has 1 fully saturated rings. The highest BCUT2D eigenvalue weighted by Crippen LogP contribution is 2.21. The zero-order chi connectivity index (χ0) is 18.0. The number of hydrogen-bond acceptors (Lipinski definition) is 7. The van der Waals surface area contributed by atoms with Gasteiger partial charge in [0.2, 0.25) is 17.7 Å². The first-order chi connectivity index (χ1) is 11.9. The number of nitrogens with zero attached hydrogens (tertiary/aromatic N) is 5. The third kappa shape index (κ3) is 4.25. The molecule has 1 aliphatic rings. The maximum absolute atomic E-state index is 12.1. The number of amides is 1. The lowest BCUT2D eigenvalue weighted by atomic mass is 10.2. The van der Waals surface area contributed by atoms with Crippen molar-refractivity contribution in [1.29, 1.82) is 0 Å². The van der Waals surface area contributed by atoms with Gasteiger partial charge in [-0.25, -0.2) is 4.98 Å². The summed E-state index contributed by atoms with van der Waals surface area (Å²) < 4.78 is 10.8. The van der Waals surface area contributed by atoms with Crippen LogP contribution in [0.5, 0.6) is 0 Å². The zero-order valence-corrected chi connectivity index (χ0v) is 15.2. The Bertz CT molecular complexity index is 723. The van der Waals surface area contributed by atoms with E-state index in [0.717, 1.165) is 25.3 Å². The van der Waals surface area contributed by atoms with Crippen molar-refractivity contribution < 1.29 is 13.7 Å². The highest BCUT2D eigenvalue weighted by molar-refractivity contribution is 5.73. The smallest absolute Gasteiger partial charge is 0.223 e. The first-order valence-corrected chi connectivity index (χ1v) is 8.65. The van der Waals surface area contributed by atoms with Gasteiger partial charge in [0.25, 0.3) is 0 Å². The van der Waals surface area contributed by atoms with E-state index in [4.69, 9.17) is 8.94 Å². The molecule has 1 atom stereocenters. The molecule has 1 unspecified atom stereocenters. The number of aromatic nitrogens is 3. The molecule has 0 N–H and O–H groups in total. The summed E-state index contributed by atoms with van der Waals surface area (Å²) in [6.07, 6.45) is 2.66. The van der Waals surface area contributed by atoms with Crippen molar-refractivity contribution in [3.8, 4) is 0 Å². The fraction of sp³-hybridized carbons (Fsp3) is 0.647. The van der Waals surface area contributed by atoms with Crippen molar-refractivity contribution in [2.45, 2.75) is 59.2 Å². The van der Waals surface area contributed by atoms with E-state index in [1.807, 2.05) is 4.90 Å². The van der Waals surface area contributed by atoms with Crippen LogP contribution >= 0.6 is 0 Å². The van der Waals surface area contributed by atoms with E-state index in [9.17, 15) is 4.79 Å². The van der Waals surface area contributed by atoms with Crippen molar-refractivity contribution in [2.75, 3.05) is 13.1 Å². The fourth-order valence-corrected chi connectivity index (χ4v) is 3.12. The predicted octanol–water partition coefficient (Wildman–Crippen LogP) is 2.11. The van der Waals surface area contributed by atoms with Crippen LogP contribution in [0.2, 0.25) is 0 Å². The van der Waals surface area contributed by atoms with Crippen molar-refractivity contribution in [2.24, 2.45) is 0 Å². The van der Waals surface area contributed by atoms with Crippen LogP contribution in [0.15, 0.2) is 15.1 Å². The summed E-state index contributed by atoms with van der Waals surface area (Å²) in [6.45, 7) is 10.2. The largest absolute Gasteiger partial charge is 0.444 e. The van der Waals surface area contributed by atoms with Gasteiger partial charge in [-0.05, 0) is 6.42 Å². The van der Waals surface area contributed by atoms with Crippen LogP contribution in [0.4, 0.5) is 0 Å². The van der Waals surface area contributed by atoms with Gasteiger partial charge in [-0.15, -0.1) is 0 Å². The van der Waals surface area contributed by atoms with E-state index in [-0.39, 0.29) is 17.9 Å². The fourth-order valence-electron chi connectivity index (χ4n) is 3.12. The third-order valence-corrected chi connectivity index (χ3v) is 4.47. The molecule has 1 saturated heterocycles. The van der Waals surface area contributed by atoms with E-state index in [0.29, 0.717) is 30.7 Å². The van der Waals surface area contributed by atoms with Crippen molar-refractivity contribution >= 4 is 5.91 Å². The molecule has 0 bridgehead atoms. The zero-order valence-electron chi connectivity index (χ0n) is 15.2. The van der Waals surface area contributed by atoms with Crippen molar-refractivity contribution in [1.82, 2.24) is 24.9 Å². The Balaban J connectivity index is 1.61. The number of likely N-dealkylation sites (tertiary alicyclic amines) is 1. The molecule has 2 aromatic rings. The van der Waals surface area contributed by atoms with Gasteiger partial charge in [-0.3, -0.25) is 9.69 Å². The highest BCUT2D eigenvalue weighted by atomic mass is 16.5. The maximum Gasteiger partial charge on any atom is 0.223 e. The monoisotopic (exact) mass is 347 g/mol. The van der Waals surface area contributed by atoms with E-state index < -0.39 is 0 Å². The van der Waals surface area contributed by atoms with Crippen LogP contribution in [0.25, 0.3) is 0 Å². The van der Waals surface area contributed by atoms with Crippen LogP contribution in [-0.4, -0.2) is 50.0 Å². The maximum atomic E-state index is 12.1. The van der Waals surface area contributed by atoms with Gasteiger partial charge in [0.1, 0.15) is 5.76 Å². The van der Waals surface area contributed by atoms with Crippen LogP contribution in [0, 0.1) is 6.92 Å². The Labute approximate surface area is 147 Å². The van der Waals surface area contributed by atoms with Gasteiger partial charge in [0.05, 0.1) is 19.3 Å². The molecule has 136 valence electrons. The third-order valence-electron chi connectivity index (χ3n) is 4.47. The lowest BCUT2D eigenvalue weighted by Crippen LogP contribution is -2.40. The quantitative estimate of drug-likeness (QED) is 0.790. The minimum atomic E-state index is 0.0338. The van der Waals surface area contributed by atoms with E-state index in [2.05, 4.69) is 33.9 Å². The molecule has 8 heteroatoms. The molecule has 0 saturated carbocycles. The topological polar surface area (TPSA) is 88.5 Å². The standard InChI is InChI=1S/C17H25N5O3/c1-11(2)15-7-18-17(24-15)10-22(13(4)23)14-5-6-21(8-14)9-16-19-12(3)25-20-16/h7,11,14H,5-6,8-10H2,1-4H3. The molecule has 0 aromatic carbocycles. The van der Waals surface area contributed by atoms with E-state index in [1.54, 1.807) is 20.0 Å². The van der Waals surface area contributed by atoms with Gasteiger partial charge in [0, 0.05) is 38.9 Å². The number of rotatable bonds is 6. The Morgan fingerprint density at radius 2 is 2.28 bits per heavy atom. The molecule has 8 nitrogen and oxygen atoms in total. The molecule has 2 aromatic heterocycles. The average molecular weight is 347 g/mol. The Hall–Kier alpha value is -2.22. The normalized spacial score (nSPS) is 18.2. The van der Waals surface area contributed by atoms with Gasteiger partial charge in [-0.2, -0.15) is 4.98 Å². The van der Waals surface area contributed by atoms with Gasteiger partial charge in [-0.1, -0.05) is 19.0 Å². The molecule has 1 amide bonds. The molecular formula is C17H25N5O3. The van der Waals surface area contributed by atoms with Crippen LogP contribution < -0.4 is 0 Å². The molecule has 0 spiro atoms. The predicted molar refractivity (Wildman–Crippen MR) is 89.5 cm³/mol. The first kappa shape index (κ1) is 17.6. The summed E-state index contributed by atoms with van der Waals surface area (Å²) >= 11 is 0. The number of carbonyl (C=O) groups is 1. The van der Waals surface area contributed by atoms with Crippen LogP contribution in [-0.2, 0) is 17.9 Å². The van der Waals surface area contributed by atoms with Crippen molar-refractivity contribution in [3.05, 3.63) is 29.6 Å². The summed E-state index contributed by atoms with van der Waals surface area (Å²) in [4.78, 5) is 24.8. The molecule has 3 rings (SSSR count). The van der Waals surface area contributed by atoms with Crippen molar-refractivity contribution in [3.63, 3.8) is 0 Å². The summed E-state index contributed by atoms with van der Waals surface area (Å²) in [5.74, 6) is 3.01. The van der Waals surface area contributed by atoms with E-state index >= 15 is 0 Å². The second-order valence-electron chi connectivity index (χ2n) is 6.87. The summed E-state index contributed by atoms with van der Waals surface area (Å²) in [5, 5.41) is 3.94. The number of hydrogen-bond donors (Lipinski definition) is 0. The summed E-state index contributed by atoms with van der Waals surface area (Å²) in [5.41, 5.74) is 0. The lowest BCUT2D eigenvalue weighted by Gasteiger charge is -2.26. The number of carbonyl (C=O) groups excluding carboxylic acids is 1. The SMILES string of the molecule is CC(=O)N(Cc1ncc(C(C)C)o1)C1CCN(Cc2noc(C)n2)C1. The second-order valence-corrected chi connectivity index (χ2v) is 6.87. The minimum absolute atomic E-state index is 0.0338. The average Bonchev–Trinajstić information content (AvgIpc) is 3.26. The Morgan fingerprint density at radius 3 is 2.88 bits per heavy atom. The van der Waals surface area contributed by atoms with Crippen LogP contribution in [0.1, 0.15) is 56.5 Å². The van der Waals surface area contributed by atoms with Gasteiger partial charge < -0.3 is 13.8 Å². The van der Waals surface area contributed by atoms with Gasteiger partial charge >= 0.3 is 0 Å². The summed E-state index contributed by atoms with van der Waals surface area (Å²) in [6, 6.07) is 0.139. The molecule has 25 heavy (non-hydrogen) atoms. The minimum Gasteiger partial charge on any atom is -0.444 e. The number of oxazole rings is 1. The van der Waals surface area contributed by atoms with Crippen LogP contribution in [0.3, 0.4) is 0 Å². The molecule has 0 aliphatic carbocycles. The Morgan fingerprint density at radius 1 is 1.48 bits per heavy atom. The molecule has 3 heterocycles. The molecular weight excluding hydrogens is 322 g/mol. The second kappa shape index (κ2) is 7.35. The molecule has 0 radical (unpaired) electrons.